The quantitative estimate of drug-likeness (QED) is 0.235. The topological polar surface area (TPSA) is 221 Å². The molecule has 2 aliphatic heterocycles. The summed E-state index contributed by atoms with van der Waals surface area (Å²) in [7, 11) is 0. The van der Waals surface area contributed by atoms with Crippen molar-refractivity contribution in [2.45, 2.75) is 61.4 Å². The fraction of sp³-hybridized carbons (Fsp3) is 1.00. The van der Waals surface area contributed by atoms with Crippen molar-refractivity contribution in [3.8, 4) is 0 Å². The van der Waals surface area contributed by atoms with Gasteiger partial charge in [-0.25, -0.2) is 0 Å². The van der Waals surface area contributed by atoms with Gasteiger partial charge >= 0.3 is 0 Å². The lowest BCUT2D eigenvalue weighted by Crippen LogP contribution is -2.61. The van der Waals surface area contributed by atoms with Crippen LogP contribution in [0.25, 0.3) is 0 Å². The van der Waals surface area contributed by atoms with E-state index >= 15 is 0 Å². The van der Waals surface area contributed by atoms with Gasteiger partial charge in [0.2, 0.25) is 0 Å². The molecule has 0 aliphatic carbocycles. The fourth-order valence-corrected chi connectivity index (χ4v) is 2.46. The van der Waals surface area contributed by atoms with Gasteiger partial charge in [-0.05, 0) is 0 Å². The van der Waals surface area contributed by atoms with Gasteiger partial charge in [0.15, 0.2) is 12.6 Å². The molecule has 2 aliphatic rings. The van der Waals surface area contributed by atoms with E-state index in [1.165, 1.54) is 0 Å². The predicted molar refractivity (Wildman–Crippen MR) is 72.2 cm³/mol. The van der Waals surface area contributed by atoms with Crippen molar-refractivity contribution in [2.75, 3.05) is 13.2 Å². The van der Waals surface area contributed by atoms with E-state index in [1.54, 1.807) is 0 Å². The van der Waals surface area contributed by atoms with Crippen LogP contribution < -0.4 is 0 Å². The summed E-state index contributed by atoms with van der Waals surface area (Å²) < 4.78 is 15.1. The van der Waals surface area contributed by atoms with Gasteiger partial charge in [-0.3, -0.25) is 0 Å². The Hall–Kier alpha value is -0.480. The average molecular weight is 360 g/mol. The second-order valence-electron chi connectivity index (χ2n) is 5.57. The van der Waals surface area contributed by atoms with Crippen LogP contribution in [-0.2, 0) is 14.2 Å². The van der Waals surface area contributed by atoms with Crippen molar-refractivity contribution >= 4 is 0 Å². The normalized spacial score (nSPS) is 49.5. The Morgan fingerprint density at radius 2 is 1.21 bits per heavy atom. The third-order valence-electron chi connectivity index (χ3n) is 3.96. The lowest BCUT2D eigenvalue weighted by Gasteiger charge is -2.41. The van der Waals surface area contributed by atoms with Gasteiger partial charge in [0.25, 0.3) is 0 Å². The maximum Gasteiger partial charge on any atom is 0.186 e. The summed E-state index contributed by atoms with van der Waals surface area (Å²) in [4.78, 5) is 0. The molecule has 10 atom stereocenters. The minimum Gasteiger partial charge on any atom is -0.412 e. The number of rotatable bonds is 4. The van der Waals surface area contributed by atoms with E-state index in [0.29, 0.717) is 0 Å². The number of aliphatic hydroxyl groups is 8. The van der Waals surface area contributed by atoms with Crippen LogP contribution >= 0.6 is 0 Å². The molecule has 2 fully saturated rings. The van der Waals surface area contributed by atoms with Crippen molar-refractivity contribution in [3.05, 3.63) is 0 Å². The van der Waals surface area contributed by atoms with Crippen LogP contribution in [0.5, 0.6) is 0 Å². The van der Waals surface area contributed by atoms with Gasteiger partial charge in [0.1, 0.15) is 48.8 Å². The molecule has 10 N–H and O–H groups in total. The number of ether oxygens (including phenoxy) is 3. The van der Waals surface area contributed by atoms with Gasteiger partial charge < -0.3 is 60.5 Å². The molecule has 0 aromatic heterocycles. The SMILES string of the molecule is O.OC[C@H]1O[C@H](OC[C@H]2O[C@H](O)[C@H](O)[C@@H](O)[C@@H]2O)[C@H](O)[C@@H](O)[C@H]1O. The van der Waals surface area contributed by atoms with E-state index < -0.39 is 74.6 Å². The van der Waals surface area contributed by atoms with E-state index in [-0.39, 0.29) is 5.48 Å². The van der Waals surface area contributed by atoms with E-state index in [1.807, 2.05) is 0 Å². The smallest absolute Gasteiger partial charge is 0.186 e. The molecule has 0 aromatic carbocycles. The monoisotopic (exact) mass is 360 g/mol. The highest BCUT2D eigenvalue weighted by molar-refractivity contribution is 4.91. The first kappa shape index (κ1) is 21.6. The highest BCUT2D eigenvalue weighted by Gasteiger charge is 2.46. The summed E-state index contributed by atoms with van der Waals surface area (Å²) >= 11 is 0. The Labute approximate surface area is 136 Å². The Morgan fingerprint density at radius 1 is 0.667 bits per heavy atom. The summed E-state index contributed by atoms with van der Waals surface area (Å²) in [6.07, 6.45) is -15.3. The van der Waals surface area contributed by atoms with E-state index in [4.69, 9.17) is 19.3 Å². The average Bonchev–Trinajstić information content (AvgIpc) is 2.54. The minimum atomic E-state index is -1.74. The zero-order chi connectivity index (χ0) is 17.3. The van der Waals surface area contributed by atoms with Crippen LogP contribution in [0, 0.1) is 0 Å². The molecule has 0 saturated carbocycles. The van der Waals surface area contributed by atoms with Crippen molar-refractivity contribution in [1.82, 2.24) is 0 Å². The van der Waals surface area contributed by atoms with E-state index in [9.17, 15) is 35.7 Å². The van der Waals surface area contributed by atoms with Crippen LogP contribution in [0.1, 0.15) is 0 Å². The second kappa shape index (κ2) is 8.75. The number of aliphatic hydroxyl groups excluding tert-OH is 8. The molecule has 0 aromatic rings. The van der Waals surface area contributed by atoms with Gasteiger partial charge in [-0.15, -0.1) is 0 Å². The Balaban J connectivity index is 0.00000288. The molecule has 0 amide bonds. The fourth-order valence-electron chi connectivity index (χ4n) is 2.46. The van der Waals surface area contributed by atoms with Gasteiger partial charge in [0, 0.05) is 0 Å². The molecule has 2 rings (SSSR count). The molecule has 12 heteroatoms. The first-order valence-corrected chi connectivity index (χ1v) is 7.07. The van der Waals surface area contributed by atoms with Crippen molar-refractivity contribution in [3.63, 3.8) is 0 Å². The molecule has 12 nitrogen and oxygen atoms in total. The third-order valence-corrected chi connectivity index (χ3v) is 3.96. The molecule has 0 radical (unpaired) electrons. The van der Waals surface area contributed by atoms with Crippen LogP contribution in [0.3, 0.4) is 0 Å². The number of hydrogen-bond donors (Lipinski definition) is 8. The van der Waals surface area contributed by atoms with Gasteiger partial charge in [0.05, 0.1) is 13.2 Å². The predicted octanol–water partition coefficient (Wildman–Crippen LogP) is -6.22. The first-order chi connectivity index (χ1) is 10.8. The maximum absolute atomic E-state index is 9.78. The molecule has 24 heavy (non-hydrogen) atoms. The Morgan fingerprint density at radius 3 is 1.79 bits per heavy atom. The Kier molecular flexibility index (Phi) is 7.86. The van der Waals surface area contributed by atoms with Crippen molar-refractivity contribution in [1.29, 1.82) is 0 Å². The zero-order valence-electron chi connectivity index (χ0n) is 12.5. The van der Waals surface area contributed by atoms with Gasteiger partial charge in [-0.2, -0.15) is 0 Å². The van der Waals surface area contributed by atoms with E-state index in [2.05, 4.69) is 0 Å². The summed E-state index contributed by atoms with van der Waals surface area (Å²) in [5.41, 5.74) is 0. The Bertz CT molecular complexity index is 381. The standard InChI is InChI=1S/C12H22O11.H2O/c13-1-3-5(14)8(17)10(19)12(23-3)21-2-4-6(15)7(16)9(18)11(20)22-4;/h3-20H,1-2H2;1H2/t3-,4-,5+,6-,7+,8+,9-,10-,11+,12+;/m1./s1. The van der Waals surface area contributed by atoms with E-state index in [0.717, 1.165) is 0 Å². The largest absolute Gasteiger partial charge is 0.412 e. The summed E-state index contributed by atoms with van der Waals surface area (Å²) in [5.74, 6) is 0. The lowest BCUT2D eigenvalue weighted by molar-refractivity contribution is -0.325. The van der Waals surface area contributed by atoms with Crippen molar-refractivity contribution < 1.29 is 60.5 Å². The first-order valence-electron chi connectivity index (χ1n) is 7.07. The molecular formula is C12H24O12. The number of hydrogen-bond acceptors (Lipinski definition) is 11. The molecular weight excluding hydrogens is 336 g/mol. The lowest BCUT2D eigenvalue weighted by atomic mass is 9.98. The summed E-state index contributed by atoms with van der Waals surface area (Å²) in [6.45, 7) is -1.10. The summed E-state index contributed by atoms with van der Waals surface area (Å²) in [6, 6.07) is 0. The highest BCUT2D eigenvalue weighted by atomic mass is 16.7. The molecule has 2 saturated heterocycles. The molecule has 0 unspecified atom stereocenters. The van der Waals surface area contributed by atoms with Crippen LogP contribution in [0.15, 0.2) is 0 Å². The molecule has 0 bridgehead atoms. The van der Waals surface area contributed by atoms with Crippen molar-refractivity contribution in [2.24, 2.45) is 0 Å². The highest BCUT2D eigenvalue weighted by Crippen LogP contribution is 2.24. The zero-order valence-corrected chi connectivity index (χ0v) is 12.5. The van der Waals surface area contributed by atoms with Gasteiger partial charge in [-0.1, -0.05) is 0 Å². The van der Waals surface area contributed by atoms with Crippen LogP contribution in [0.4, 0.5) is 0 Å². The summed E-state index contributed by atoms with van der Waals surface area (Å²) in [5, 5.41) is 76.1. The minimum absolute atomic E-state index is 0. The molecule has 2 heterocycles. The molecule has 0 spiro atoms. The van der Waals surface area contributed by atoms with Crippen LogP contribution in [-0.4, -0.2) is 121 Å². The second-order valence-corrected chi connectivity index (χ2v) is 5.57. The van der Waals surface area contributed by atoms with Crippen LogP contribution in [0.2, 0.25) is 0 Å². The maximum atomic E-state index is 9.78. The third kappa shape index (κ3) is 4.19. The molecule has 144 valence electrons.